The van der Waals surface area contributed by atoms with E-state index in [1.807, 2.05) is 44.4 Å². The van der Waals surface area contributed by atoms with E-state index in [1.165, 1.54) is 11.3 Å². The molecule has 0 aliphatic carbocycles. The van der Waals surface area contributed by atoms with Crippen molar-refractivity contribution in [2.45, 2.75) is 25.7 Å². The number of anilines is 1. The van der Waals surface area contributed by atoms with Gasteiger partial charge in [0, 0.05) is 15.4 Å². The number of hydrogen-bond donors (Lipinski definition) is 1. The molecule has 27 heavy (non-hydrogen) atoms. The third-order valence-electron chi connectivity index (χ3n) is 3.82. The molecule has 0 saturated carbocycles. The summed E-state index contributed by atoms with van der Waals surface area (Å²) in [7, 11) is -3.85. The molecule has 5 nitrogen and oxygen atoms in total. The van der Waals surface area contributed by atoms with Crippen molar-refractivity contribution in [1.29, 1.82) is 0 Å². The number of hydrogen-bond acceptors (Lipinski definition) is 5. The second-order valence-electron chi connectivity index (χ2n) is 5.94. The lowest BCUT2D eigenvalue weighted by molar-refractivity contribution is 0.331. The smallest absolute Gasteiger partial charge is 0.265 e. The topological polar surface area (TPSA) is 68.3 Å². The molecule has 1 aromatic heterocycles. The number of ether oxygens (including phenoxy) is 1. The highest BCUT2D eigenvalue weighted by Crippen LogP contribution is 2.33. The number of halogens is 1. The summed E-state index contributed by atoms with van der Waals surface area (Å²) in [5.74, 6) is 0.309. The summed E-state index contributed by atoms with van der Waals surface area (Å²) in [6.07, 6.45) is 0. The molecular formula is C19H19BrN2O3S2. The summed E-state index contributed by atoms with van der Waals surface area (Å²) in [5, 5.41) is 2.83. The minimum atomic E-state index is -3.85. The third-order valence-corrected chi connectivity index (χ3v) is 6.63. The van der Waals surface area contributed by atoms with Crippen LogP contribution in [0, 0.1) is 13.8 Å². The van der Waals surface area contributed by atoms with Crippen LogP contribution in [0.15, 0.2) is 51.1 Å². The Bertz CT molecular complexity index is 1080. The maximum Gasteiger partial charge on any atom is 0.265 e. The fraction of sp³-hybridized carbons (Fsp3) is 0.211. The lowest BCUT2D eigenvalue weighted by Gasteiger charge is -2.15. The molecule has 0 spiro atoms. The molecule has 0 unspecified atom stereocenters. The normalized spacial score (nSPS) is 11.4. The van der Waals surface area contributed by atoms with Crippen molar-refractivity contribution in [2.24, 2.45) is 0 Å². The highest BCUT2D eigenvalue weighted by Gasteiger charge is 2.22. The zero-order valence-corrected chi connectivity index (χ0v) is 18.3. The van der Waals surface area contributed by atoms with Crippen LogP contribution in [0.4, 0.5) is 5.69 Å². The lowest BCUT2D eigenvalue weighted by Crippen LogP contribution is -2.15. The highest BCUT2D eigenvalue weighted by molar-refractivity contribution is 9.10. The minimum absolute atomic E-state index is 0.0833. The standard InChI is InChI=1S/C19H19BrN2O3S2/c1-4-25-18-8-6-14(17-11-26-13(3)21-17)10-19(18)27(23,24)22-16-7-5-12(2)9-15(16)20/h5-11,22H,4H2,1-3H3. The zero-order valence-electron chi connectivity index (χ0n) is 15.1. The molecule has 3 aromatic rings. The van der Waals surface area contributed by atoms with Gasteiger partial charge in [0.25, 0.3) is 10.0 Å². The van der Waals surface area contributed by atoms with Crippen molar-refractivity contribution in [3.05, 3.63) is 56.8 Å². The number of thiazole rings is 1. The Hall–Kier alpha value is -1.90. The van der Waals surface area contributed by atoms with Crippen molar-refractivity contribution in [1.82, 2.24) is 4.98 Å². The van der Waals surface area contributed by atoms with Gasteiger partial charge in [-0.3, -0.25) is 4.72 Å². The van der Waals surface area contributed by atoms with E-state index in [2.05, 4.69) is 25.6 Å². The van der Waals surface area contributed by atoms with Crippen LogP contribution in [0.2, 0.25) is 0 Å². The first-order chi connectivity index (χ1) is 12.8. The van der Waals surface area contributed by atoms with Gasteiger partial charge in [0.1, 0.15) is 10.6 Å². The zero-order chi connectivity index (χ0) is 19.6. The van der Waals surface area contributed by atoms with Gasteiger partial charge in [-0.15, -0.1) is 11.3 Å². The molecule has 0 radical (unpaired) electrons. The van der Waals surface area contributed by atoms with Crippen molar-refractivity contribution in [3.8, 4) is 17.0 Å². The average Bonchev–Trinajstić information content (AvgIpc) is 3.04. The van der Waals surface area contributed by atoms with E-state index in [4.69, 9.17) is 4.74 Å². The van der Waals surface area contributed by atoms with Crippen LogP contribution >= 0.6 is 27.3 Å². The number of aryl methyl sites for hydroxylation is 2. The van der Waals surface area contributed by atoms with E-state index in [1.54, 1.807) is 18.2 Å². The summed E-state index contributed by atoms with van der Waals surface area (Å²) in [6.45, 7) is 6.04. The van der Waals surface area contributed by atoms with E-state index >= 15 is 0 Å². The lowest BCUT2D eigenvalue weighted by atomic mass is 10.2. The summed E-state index contributed by atoms with van der Waals surface area (Å²) in [6, 6.07) is 10.5. The Morgan fingerprint density at radius 1 is 1.19 bits per heavy atom. The summed E-state index contributed by atoms with van der Waals surface area (Å²) in [5.41, 5.74) is 2.97. The van der Waals surface area contributed by atoms with Gasteiger partial charge in [-0.1, -0.05) is 6.07 Å². The molecule has 1 N–H and O–H groups in total. The molecule has 0 saturated heterocycles. The first-order valence-electron chi connectivity index (χ1n) is 8.28. The number of sulfonamides is 1. The molecule has 0 atom stereocenters. The molecular weight excluding hydrogens is 448 g/mol. The average molecular weight is 467 g/mol. The van der Waals surface area contributed by atoms with Crippen molar-refractivity contribution < 1.29 is 13.2 Å². The first-order valence-corrected chi connectivity index (χ1v) is 11.4. The Morgan fingerprint density at radius 2 is 1.96 bits per heavy atom. The molecule has 0 aliphatic heterocycles. The van der Waals surface area contributed by atoms with Crippen LogP contribution in [0.25, 0.3) is 11.3 Å². The number of benzene rings is 2. The molecule has 142 valence electrons. The Balaban J connectivity index is 2.06. The number of nitrogens with zero attached hydrogens (tertiary/aromatic N) is 1. The maximum absolute atomic E-state index is 13.1. The van der Waals surface area contributed by atoms with Crippen molar-refractivity contribution in [3.63, 3.8) is 0 Å². The number of aromatic nitrogens is 1. The fourth-order valence-electron chi connectivity index (χ4n) is 2.55. The SMILES string of the molecule is CCOc1ccc(-c2csc(C)n2)cc1S(=O)(=O)Nc1ccc(C)cc1Br. The van der Waals surface area contributed by atoms with Gasteiger partial charge in [0.05, 0.1) is 23.0 Å². The predicted molar refractivity (Wildman–Crippen MR) is 113 cm³/mol. The van der Waals surface area contributed by atoms with E-state index in [0.717, 1.165) is 21.8 Å². The van der Waals surface area contributed by atoms with Gasteiger partial charge in [0.15, 0.2) is 0 Å². The van der Waals surface area contributed by atoms with Gasteiger partial charge in [-0.25, -0.2) is 13.4 Å². The number of rotatable bonds is 6. The molecule has 0 bridgehead atoms. The van der Waals surface area contributed by atoms with Gasteiger partial charge in [-0.2, -0.15) is 0 Å². The van der Waals surface area contributed by atoms with E-state index in [0.29, 0.717) is 22.5 Å². The molecule has 1 heterocycles. The summed E-state index contributed by atoms with van der Waals surface area (Å²) in [4.78, 5) is 4.53. The molecule has 0 amide bonds. The van der Waals surface area contributed by atoms with Crippen LogP contribution in [-0.2, 0) is 10.0 Å². The minimum Gasteiger partial charge on any atom is -0.492 e. The fourth-order valence-corrected chi connectivity index (χ4v) is 5.15. The van der Waals surface area contributed by atoms with Gasteiger partial charge < -0.3 is 4.74 Å². The van der Waals surface area contributed by atoms with Crippen LogP contribution in [0.3, 0.4) is 0 Å². The van der Waals surface area contributed by atoms with Crippen molar-refractivity contribution >= 4 is 43.0 Å². The summed E-state index contributed by atoms with van der Waals surface area (Å²) < 4.78 is 35.1. The Morgan fingerprint density at radius 3 is 2.59 bits per heavy atom. The second-order valence-corrected chi connectivity index (χ2v) is 9.50. The van der Waals surface area contributed by atoms with Gasteiger partial charge >= 0.3 is 0 Å². The molecule has 3 rings (SSSR count). The highest BCUT2D eigenvalue weighted by atomic mass is 79.9. The van der Waals surface area contributed by atoms with Crippen LogP contribution in [0.1, 0.15) is 17.5 Å². The Labute approximate surface area is 171 Å². The molecule has 8 heteroatoms. The van der Waals surface area contributed by atoms with Crippen LogP contribution < -0.4 is 9.46 Å². The quantitative estimate of drug-likeness (QED) is 0.528. The van der Waals surface area contributed by atoms with Crippen LogP contribution in [-0.4, -0.2) is 20.0 Å². The largest absolute Gasteiger partial charge is 0.492 e. The second kappa shape index (κ2) is 8.00. The monoisotopic (exact) mass is 466 g/mol. The van der Waals surface area contributed by atoms with Crippen LogP contribution in [0.5, 0.6) is 5.75 Å². The molecule has 0 fully saturated rings. The van der Waals surface area contributed by atoms with E-state index in [9.17, 15) is 8.42 Å². The predicted octanol–water partition coefficient (Wildman–Crippen LogP) is 5.39. The maximum atomic E-state index is 13.1. The first kappa shape index (κ1) is 19.9. The van der Waals surface area contributed by atoms with Gasteiger partial charge in [0.2, 0.25) is 0 Å². The summed E-state index contributed by atoms with van der Waals surface area (Å²) >= 11 is 4.93. The third kappa shape index (κ3) is 4.51. The Kier molecular flexibility index (Phi) is 5.88. The molecule has 0 aliphatic rings. The number of nitrogens with one attached hydrogen (secondary N) is 1. The van der Waals surface area contributed by atoms with E-state index in [-0.39, 0.29) is 4.90 Å². The van der Waals surface area contributed by atoms with E-state index < -0.39 is 10.0 Å². The van der Waals surface area contributed by atoms with Gasteiger partial charge in [-0.05, 0) is 72.6 Å². The van der Waals surface area contributed by atoms with Crippen molar-refractivity contribution in [2.75, 3.05) is 11.3 Å². The molecule has 2 aromatic carbocycles.